The van der Waals surface area contributed by atoms with Crippen molar-refractivity contribution in [1.82, 2.24) is 4.90 Å². The molecule has 3 heterocycles. The molecule has 1 saturated heterocycles. The Morgan fingerprint density at radius 3 is 3.04 bits per heavy atom. The van der Waals surface area contributed by atoms with E-state index in [1.54, 1.807) is 23.5 Å². The summed E-state index contributed by atoms with van der Waals surface area (Å²) in [6.07, 6.45) is 2.32. The fourth-order valence-electron chi connectivity index (χ4n) is 3.39. The van der Waals surface area contributed by atoms with E-state index in [1.165, 1.54) is 17.4 Å². The predicted octanol–water partition coefficient (Wildman–Crippen LogP) is 3.90. The van der Waals surface area contributed by atoms with E-state index in [4.69, 9.17) is 4.42 Å². The first-order valence-corrected chi connectivity index (χ1v) is 8.62. The first-order valence-electron chi connectivity index (χ1n) is 7.74. The molecular formula is C18H17NO3S. The van der Waals surface area contributed by atoms with Gasteiger partial charge in [0.25, 0.3) is 0 Å². The van der Waals surface area contributed by atoms with Crippen molar-refractivity contribution in [3.05, 3.63) is 62.6 Å². The van der Waals surface area contributed by atoms with Gasteiger partial charge in [0.05, 0.1) is 0 Å². The van der Waals surface area contributed by atoms with E-state index in [2.05, 4.69) is 22.4 Å². The van der Waals surface area contributed by atoms with Gasteiger partial charge in [-0.15, -0.1) is 11.3 Å². The summed E-state index contributed by atoms with van der Waals surface area (Å²) in [4.78, 5) is 15.6. The van der Waals surface area contributed by atoms with Gasteiger partial charge in [-0.25, -0.2) is 4.79 Å². The van der Waals surface area contributed by atoms with E-state index in [0.717, 1.165) is 30.5 Å². The Morgan fingerprint density at radius 2 is 2.22 bits per heavy atom. The third kappa shape index (κ3) is 2.78. The number of thiophene rings is 1. The van der Waals surface area contributed by atoms with Gasteiger partial charge < -0.3 is 9.52 Å². The zero-order chi connectivity index (χ0) is 15.8. The normalized spacial score (nSPS) is 18.7. The largest absolute Gasteiger partial charge is 0.508 e. The van der Waals surface area contributed by atoms with Gasteiger partial charge in [0, 0.05) is 35.0 Å². The Morgan fingerprint density at radius 1 is 1.30 bits per heavy atom. The lowest BCUT2D eigenvalue weighted by atomic mass is 10.1. The maximum absolute atomic E-state index is 11.8. The second kappa shape index (κ2) is 5.83. The van der Waals surface area contributed by atoms with Crippen LogP contribution in [0, 0.1) is 0 Å². The van der Waals surface area contributed by atoms with E-state index < -0.39 is 0 Å². The number of phenols is 1. The summed E-state index contributed by atoms with van der Waals surface area (Å²) >= 11 is 1.79. The van der Waals surface area contributed by atoms with Crippen LogP contribution in [0.15, 0.2) is 51.0 Å². The lowest BCUT2D eigenvalue weighted by Gasteiger charge is -2.24. The second-order valence-electron chi connectivity index (χ2n) is 5.92. The van der Waals surface area contributed by atoms with Gasteiger partial charge in [-0.3, -0.25) is 4.90 Å². The van der Waals surface area contributed by atoms with Crippen LogP contribution in [0.1, 0.15) is 29.3 Å². The first-order chi connectivity index (χ1) is 11.2. The van der Waals surface area contributed by atoms with Crippen molar-refractivity contribution in [1.29, 1.82) is 0 Å². The quantitative estimate of drug-likeness (QED) is 0.741. The van der Waals surface area contributed by atoms with Crippen molar-refractivity contribution in [2.24, 2.45) is 0 Å². The molecular weight excluding hydrogens is 310 g/mol. The summed E-state index contributed by atoms with van der Waals surface area (Å²) in [6, 6.07) is 11.2. The molecule has 0 aliphatic carbocycles. The Labute approximate surface area is 137 Å². The molecule has 3 aromatic rings. The van der Waals surface area contributed by atoms with Crippen LogP contribution in [-0.2, 0) is 6.54 Å². The molecule has 0 saturated carbocycles. The number of benzene rings is 1. The van der Waals surface area contributed by atoms with Crippen LogP contribution in [0.4, 0.5) is 0 Å². The second-order valence-corrected chi connectivity index (χ2v) is 6.89. The molecule has 118 valence electrons. The molecule has 1 aliphatic rings. The summed E-state index contributed by atoms with van der Waals surface area (Å²) in [6.45, 7) is 1.75. The summed E-state index contributed by atoms with van der Waals surface area (Å²) in [5, 5.41) is 12.6. The molecule has 0 amide bonds. The lowest BCUT2D eigenvalue weighted by Crippen LogP contribution is -2.23. The first kappa shape index (κ1) is 14.5. The number of aromatic hydroxyl groups is 1. The third-order valence-corrected chi connectivity index (χ3v) is 5.40. The molecule has 4 rings (SSSR count). The lowest BCUT2D eigenvalue weighted by molar-refractivity contribution is 0.252. The van der Waals surface area contributed by atoms with Crippen LogP contribution in [-0.4, -0.2) is 16.6 Å². The fourth-order valence-corrected chi connectivity index (χ4v) is 4.28. The van der Waals surface area contributed by atoms with Crippen molar-refractivity contribution < 1.29 is 9.52 Å². The van der Waals surface area contributed by atoms with Crippen molar-refractivity contribution >= 4 is 22.3 Å². The Bertz CT molecular complexity index is 885. The van der Waals surface area contributed by atoms with Crippen LogP contribution in [0.5, 0.6) is 5.75 Å². The molecule has 1 atom stereocenters. The number of hydrogen-bond acceptors (Lipinski definition) is 5. The van der Waals surface area contributed by atoms with Crippen molar-refractivity contribution in [3.8, 4) is 5.75 Å². The van der Waals surface area contributed by atoms with E-state index >= 15 is 0 Å². The minimum atomic E-state index is -0.370. The Hall–Kier alpha value is -2.11. The monoisotopic (exact) mass is 327 g/mol. The van der Waals surface area contributed by atoms with E-state index in [-0.39, 0.29) is 11.4 Å². The van der Waals surface area contributed by atoms with Gasteiger partial charge in [0.15, 0.2) is 0 Å². The smallest absolute Gasteiger partial charge is 0.336 e. The van der Waals surface area contributed by atoms with Gasteiger partial charge in [0.2, 0.25) is 0 Å². The SMILES string of the molecule is O=c1cc(CN2CCCC2c2cccs2)c2ccc(O)cc2o1. The number of hydrogen-bond donors (Lipinski definition) is 1. The molecule has 0 radical (unpaired) electrons. The van der Waals surface area contributed by atoms with Crippen molar-refractivity contribution in [2.45, 2.75) is 25.4 Å². The van der Waals surface area contributed by atoms with Crippen molar-refractivity contribution in [2.75, 3.05) is 6.54 Å². The molecule has 1 aliphatic heterocycles. The summed E-state index contributed by atoms with van der Waals surface area (Å²) in [5.41, 5.74) is 1.03. The van der Waals surface area contributed by atoms with Crippen LogP contribution in [0.25, 0.3) is 11.0 Å². The molecule has 4 nitrogen and oxygen atoms in total. The minimum absolute atomic E-state index is 0.107. The minimum Gasteiger partial charge on any atom is -0.508 e. The molecule has 23 heavy (non-hydrogen) atoms. The van der Waals surface area contributed by atoms with E-state index in [9.17, 15) is 9.90 Å². The van der Waals surface area contributed by atoms with Crippen LogP contribution < -0.4 is 5.63 Å². The maximum atomic E-state index is 11.8. The zero-order valence-electron chi connectivity index (χ0n) is 12.6. The highest BCUT2D eigenvalue weighted by Crippen LogP contribution is 2.36. The average molecular weight is 327 g/mol. The number of likely N-dealkylation sites (tertiary alicyclic amines) is 1. The Balaban J connectivity index is 1.71. The summed E-state index contributed by atoms with van der Waals surface area (Å²) < 4.78 is 5.21. The fraction of sp³-hybridized carbons (Fsp3) is 0.278. The van der Waals surface area contributed by atoms with Crippen LogP contribution in [0.2, 0.25) is 0 Å². The third-order valence-electron chi connectivity index (χ3n) is 4.42. The molecule has 1 fully saturated rings. The molecule has 2 aromatic heterocycles. The van der Waals surface area contributed by atoms with E-state index in [0.29, 0.717) is 11.6 Å². The summed E-state index contributed by atoms with van der Waals surface area (Å²) in [7, 11) is 0. The average Bonchev–Trinajstić information content (AvgIpc) is 3.17. The van der Waals surface area contributed by atoms with Gasteiger partial charge in [-0.1, -0.05) is 6.07 Å². The zero-order valence-corrected chi connectivity index (χ0v) is 13.4. The van der Waals surface area contributed by atoms with Gasteiger partial charge >= 0.3 is 5.63 Å². The Kier molecular flexibility index (Phi) is 3.67. The number of nitrogens with zero attached hydrogens (tertiary/aromatic N) is 1. The molecule has 0 bridgehead atoms. The molecule has 1 N–H and O–H groups in total. The number of phenolic OH excluding ortho intramolecular Hbond substituents is 1. The van der Waals surface area contributed by atoms with Gasteiger partial charge in [-0.05, 0) is 48.5 Å². The van der Waals surface area contributed by atoms with Gasteiger partial charge in [0.1, 0.15) is 11.3 Å². The highest BCUT2D eigenvalue weighted by atomic mass is 32.1. The highest BCUT2D eigenvalue weighted by molar-refractivity contribution is 7.10. The molecule has 1 aromatic carbocycles. The maximum Gasteiger partial charge on any atom is 0.336 e. The van der Waals surface area contributed by atoms with Crippen molar-refractivity contribution in [3.63, 3.8) is 0 Å². The molecule has 5 heteroatoms. The predicted molar refractivity (Wildman–Crippen MR) is 90.9 cm³/mol. The molecule has 0 spiro atoms. The highest BCUT2D eigenvalue weighted by Gasteiger charge is 2.27. The topological polar surface area (TPSA) is 53.7 Å². The van der Waals surface area contributed by atoms with Gasteiger partial charge in [-0.2, -0.15) is 0 Å². The van der Waals surface area contributed by atoms with E-state index in [1.807, 2.05) is 6.07 Å². The standard InChI is InChI=1S/C18H17NO3S/c20-13-5-6-14-12(9-18(21)22-16(14)10-13)11-19-7-1-3-15(19)17-4-2-8-23-17/h2,4-6,8-10,15,20H,1,3,7,11H2. The number of rotatable bonds is 3. The van der Waals surface area contributed by atoms with Crippen LogP contribution >= 0.6 is 11.3 Å². The summed E-state index contributed by atoms with van der Waals surface area (Å²) in [5.74, 6) is 0.107. The molecule has 1 unspecified atom stereocenters. The number of fused-ring (bicyclic) bond motifs is 1. The van der Waals surface area contributed by atoms with Crippen LogP contribution in [0.3, 0.4) is 0 Å².